The van der Waals surface area contributed by atoms with Crippen molar-refractivity contribution in [3.8, 4) is 11.6 Å². The first-order valence-electron chi connectivity index (χ1n) is 7.94. The van der Waals surface area contributed by atoms with Crippen LogP contribution in [-0.2, 0) is 17.8 Å². The minimum Gasteiger partial charge on any atom is -0.461 e. The smallest absolute Gasteiger partial charge is 0.238 e. The summed E-state index contributed by atoms with van der Waals surface area (Å²) < 4.78 is 13.2. The zero-order valence-corrected chi connectivity index (χ0v) is 15.1. The fraction of sp³-hybridized carbons (Fsp3) is 0.176. The van der Waals surface area contributed by atoms with E-state index in [1.165, 1.54) is 6.26 Å². The molecular weight excluding hydrogens is 402 g/mol. The maximum atomic E-state index is 12.0. The summed E-state index contributed by atoms with van der Waals surface area (Å²) in [6.07, 6.45) is 5.95. The number of aromatic nitrogens is 4. The van der Waals surface area contributed by atoms with E-state index in [0.717, 1.165) is 15.8 Å². The number of carbonyl (C=O) groups excluding carboxylic acids is 1. The molecule has 1 N–H and O–H groups in total. The summed E-state index contributed by atoms with van der Waals surface area (Å²) in [6, 6.07) is 7.32. The summed E-state index contributed by atoms with van der Waals surface area (Å²) in [6.45, 7) is 0.361. The summed E-state index contributed by atoms with van der Waals surface area (Å²) in [5, 5.41) is 6.68. The number of rotatable bonds is 6. The van der Waals surface area contributed by atoms with Gasteiger partial charge in [-0.05, 0) is 40.2 Å². The van der Waals surface area contributed by atoms with Gasteiger partial charge in [-0.1, -0.05) is 5.16 Å². The average Bonchev–Trinajstić information content (AvgIpc) is 3.36. The quantitative estimate of drug-likeness (QED) is 0.519. The Kier molecular flexibility index (Phi) is 4.53. The molecule has 1 amide bonds. The number of carbonyl (C=O) groups is 1. The van der Waals surface area contributed by atoms with E-state index in [0.29, 0.717) is 30.4 Å². The highest BCUT2D eigenvalue weighted by atomic mass is 79.9. The van der Waals surface area contributed by atoms with E-state index in [9.17, 15) is 4.79 Å². The Labute approximate surface area is 156 Å². The lowest BCUT2D eigenvalue weighted by atomic mass is 10.3. The number of nitrogens with zero attached hydrogens (tertiary/aromatic N) is 4. The van der Waals surface area contributed by atoms with Crippen molar-refractivity contribution >= 4 is 27.5 Å². The highest BCUT2D eigenvalue weighted by molar-refractivity contribution is 9.10. The third-order valence-electron chi connectivity index (χ3n) is 3.71. The Balaban J connectivity index is 1.30. The van der Waals surface area contributed by atoms with Gasteiger partial charge in [-0.15, -0.1) is 0 Å². The first-order chi connectivity index (χ1) is 12.7. The summed E-state index contributed by atoms with van der Waals surface area (Å²) in [4.78, 5) is 20.7. The van der Waals surface area contributed by atoms with Crippen molar-refractivity contribution in [3.05, 3.63) is 59.0 Å². The Morgan fingerprint density at radius 1 is 1.23 bits per heavy atom. The highest BCUT2D eigenvalue weighted by Gasteiger charge is 2.12. The topological polar surface area (TPSA) is 98.5 Å². The minimum atomic E-state index is -0.110. The molecule has 0 unspecified atom stereocenters. The molecule has 0 radical (unpaired) electrons. The first kappa shape index (κ1) is 16.5. The lowest BCUT2D eigenvalue weighted by molar-refractivity contribution is -0.121. The van der Waals surface area contributed by atoms with Gasteiger partial charge in [0.05, 0.1) is 18.5 Å². The second kappa shape index (κ2) is 7.12. The van der Waals surface area contributed by atoms with E-state index in [1.807, 2.05) is 28.9 Å². The van der Waals surface area contributed by atoms with Gasteiger partial charge in [0.2, 0.25) is 17.6 Å². The lowest BCUT2D eigenvalue weighted by Crippen LogP contribution is -2.23. The number of fused-ring (bicyclic) bond motifs is 1. The molecular formula is C17H14BrN5O3. The normalized spacial score (nSPS) is 11.1. The molecule has 9 heteroatoms. The molecule has 0 saturated heterocycles. The maximum Gasteiger partial charge on any atom is 0.238 e. The fourth-order valence-electron chi connectivity index (χ4n) is 2.46. The van der Waals surface area contributed by atoms with Crippen LogP contribution in [0.15, 0.2) is 56.3 Å². The summed E-state index contributed by atoms with van der Waals surface area (Å²) >= 11 is 3.42. The highest BCUT2D eigenvalue weighted by Crippen LogP contribution is 2.16. The standard InChI is InChI=1S/C17H14BrN5O3/c18-11-3-4-14-20-12(10-23(14)9-11)8-19-15(24)5-6-16-21-17(22-26-16)13-2-1-7-25-13/h1-4,7,9-10H,5-6,8H2,(H,19,24). The van der Waals surface area contributed by atoms with Gasteiger partial charge in [0.1, 0.15) is 5.65 Å². The van der Waals surface area contributed by atoms with Crippen LogP contribution < -0.4 is 5.32 Å². The predicted octanol–water partition coefficient (Wildman–Crippen LogP) is 2.99. The number of aryl methyl sites for hydroxylation is 1. The van der Waals surface area contributed by atoms with Crippen molar-refractivity contribution in [2.75, 3.05) is 0 Å². The van der Waals surface area contributed by atoms with E-state index < -0.39 is 0 Å². The van der Waals surface area contributed by atoms with Gasteiger partial charge in [0.15, 0.2) is 5.76 Å². The van der Waals surface area contributed by atoms with Crippen molar-refractivity contribution in [2.45, 2.75) is 19.4 Å². The Morgan fingerprint density at radius 2 is 2.15 bits per heavy atom. The molecule has 0 saturated carbocycles. The summed E-state index contributed by atoms with van der Waals surface area (Å²) in [5.41, 5.74) is 1.61. The number of pyridine rings is 1. The van der Waals surface area contributed by atoms with Crippen molar-refractivity contribution in [1.29, 1.82) is 0 Å². The number of amides is 1. The van der Waals surface area contributed by atoms with Gasteiger partial charge in [-0.3, -0.25) is 4.79 Å². The van der Waals surface area contributed by atoms with Crippen LogP contribution >= 0.6 is 15.9 Å². The van der Waals surface area contributed by atoms with Crippen LogP contribution in [0.3, 0.4) is 0 Å². The number of halogens is 1. The molecule has 0 aliphatic rings. The largest absolute Gasteiger partial charge is 0.461 e. The molecule has 0 spiro atoms. The van der Waals surface area contributed by atoms with Crippen LogP contribution in [0.5, 0.6) is 0 Å². The van der Waals surface area contributed by atoms with Crippen LogP contribution in [0.1, 0.15) is 18.0 Å². The Morgan fingerprint density at radius 3 is 3.00 bits per heavy atom. The van der Waals surface area contributed by atoms with Crippen LogP contribution in [-0.4, -0.2) is 25.4 Å². The fourth-order valence-corrected chi connectivity index (χ4v) is 2.82. The molecule has 0 bridgehead atoms. The van der Waals surface area contributed by atoms with Gasteiger partial charge >= 0.3 is 0 Å². The predicted molar refractivity (Wildman–Crippen MR) is 95.1 cm³/mol. The second-order valence-corrected chi connectivity index (χ2v) is 6.53. The lowest BCUT2D eigenvalue weighted by Gasteiger charge is -2.01. The minimum absolute atomic E-state index is 0.110. The van der Waals surface area contributed by atoms with Crippen molar-refractivity contribution in [2.24, 2.45) is 0 Å². The molecule has 0 aliphatic heterocycles. The van der Waals surface area contributed by atoms with Crippen LogP contribution in [0.25, 0.3) is 17.2 Å². The molecule has 0 aromatic carbocycles. The zero-order valence-electron chi connectivity index (χ0n) is 13.6. The van der Waals surface area contributed by atoms with E-state index in [1.54, 1.807) is 12.1 Å². The number of hydrogen-bond acceptors (Lipinski definition) is 6. The summed E-state index contributed by atoms with van der Waals surface area (Å²) in [5.74, 6) is 1.19. The van der Waals surface area contributed by atoms with E-state index >= 15 is 0 Å². The zero-order chi connectivity index (χ0) is 17.9. The molecule has 4 aromatic rings. The number of imidazole rings is 1. The number of nitrogens with one attached hydrogen (secondary N) is 1. The van der Waals surface area contributed by atoms with E-state index in [-0.39, 0.29) is 12.3 Å². The van der Waals surface area contributed by atoms with E-state index in [2.05, 4.69) is 36.4 Å². The summed E-state index contributed by atoms with van der Waals surface area (Å²) in [7, 11) is 0. The van der Waals surface area contributed by atoms with Gasteiger partial charge in [-0.2, -0.15) is 4.98 Å². The van der Waals surface area contributed by atoms with Crippen molar-refractivity contribution in [1.82, 2.24) is 24.8 Å². The second-order valence-electron chi connectivity index (χ2n) is 5.61. The molecule has 0 atom stereocenters. The van der Waals surface area contributed by atoms with Crippen LogP contribution in [0, 0.1) is 0 Å². The van der Waals surface area contributed by atoms with Gasteiger partial charge in [-0.25, -0.2) is 4.98 Å². The molecule has 26 heavy (non-hydrogen) atoms. The first-order valence-corrected chi connectivity index (χ1v) is 8.73. The average molecular weight is 416 g/mol. The van der Waals surface area contributed by atoms with Gasteiger partial charge in [0.25, 0.3) is 0 Å². The van der Waals surface area contributed by atoms with Crippen molar-refractivity contribution in [3.63, 3.8) is 0 Å². The number of furan rings is 1. The molecule has 4 heterocycles. The Bertz CT molecular complexity index is 1040. The molecule has 4 aromatic heterocycles. The molecule has 4 rings (SSSR count). The Hall–Kier alpha value is -2.94. The van der Waals surface area contributed by atoms with Crippen LogP contribution in [0.2, 0.25) is 0 Å². The van der Waals surface area contributed by atoms with Gasteiger partial charge in [0, 0.05) is 29.7 Å². The molecule has 8 nitrogen and oxygen atoms in total. The van der Waals surface area contributed by atoms with Crippen molar-refractivity contribution < 1.29 is 13.7 Å². The maximum absolute atomic E-state index is 12.0. The third-order valence-corrected chi connectivity index (χ3v) is 4.18. The molecule has 0 fully saturated rings. The third kappa shape index (κ3) is 3.67. The SMILES string of the molecule is O=C(CCc1nc(-c2ccco2)no1)NCc1cn2cc(Br)ccc2n1. The van der Waals surface area contributed by atoms with E-state index in [4.69, 9.17) is 8.94 Å². The number of hydrogen-bond donors (Lipinski definition) is 1. The molecule has 132 valence electrons. The van der Waals surface area contributed by atoms with Gasteiger partial charge < -0.3 is 18.7 Å². The molecule has 0 aliphatic carbocycles. The van der Waals surface area contributed by atoms with Crippen LogP contribution in [0.4, 0.5) is 0 Å². The monoisotopic (exact) mass is 415 g/mol.